The van der Waals surface area contributed by atoms with E-state index in [4.69, 9.17) is 11.2 Å². The highest BCUT2D eigenvalue weighted by Gasteiger charge is 2.14. The Morgan fingerprint density at radius 2 is 2.29 bits per heavy atom. The van der Waals surface area contributed by atoms with Gasteiger partial charge in [0.1, 0.15) is 11.6 Å². The van der Waals surface area contributed by atoms with E-state index < -0.39 is 0 Å². The van der Waals surface area contributed by atoms with Gasteiger partial charge < -0.3 is 10.1 Å². The highest BCUT2D eigenvalue weighted by Crippen LogP contribution is 2.23. The van der Waals surface area contributed by atoms with Crippen LogP contribution in [0.5, 0.6) is 5.75 Å². The number of benzene rings is 1. The van der Waals surface area contributed by atoms with Crippen molar-refractivity contribution < 1.29 is 9.13 Å². The van der Waals surface area contributed by atoms with Gasteiger partial charge in [0.2, 0.25) is 0 Å². The molecule has 92 valence electrons. The summed E-state index contributed by atoms with van der Waals surface area (Å²) in [5, 5.41) is 3.24. The van der Waals surface area contributed by atoms with E-state index in [9.17, 15) is 4.39 Å². The molecule has 0 aliphatic heterocycles. The number of ether oxygens (including phenoxy) is 1. The Hall–Kier alpha value is -1.53. The molecule has 2 nitrogen and oxygen atoms in total. The molecule has 0 heterocycles. The fourth-order valence-electron chi connectivity index (χ4n) is 1.65. The molecule has 0 aromatic heterocycles. The maximum absolute atomic E-state index is 13.8. The molecule has 1 aromatic carbocycles. The number of rotatable bonds is 6. The number of halogens is 1. The van der Waals surface area contributed by atoms with Gasteiger partial charge in [0.05, 0.1) is 7.11 Å². The molecule has 0 saturated heterocycles. The lowest BCUT2D eigenvalue weighted by molar-refractivity contribution is 0.409. The van der Waals surface area contributed by atoms with E-state index in [0.717, 1.165) is 13.0 Å². The van der Waals surface area contributed by atoms with E-state index >= 15 is 0 Å². The lowest BCUT2D eigenvalue weighted by atomic mass is 10.0. The van der Waals surface area contributed by atoms with Crippen molar-refractivity contribution in [3.63, 3.8) is 0 Å². The molecule has 1 aromatic rings. The van der Waals surface area contributed by atoms with Gasteiger partial charge in [0.15, 0.2) is 0 Å². The van der Waals surface area contributed by atoms with Gasteiger partial charge in [-0.15, -0.1) is 12.3 Å². The highest BCUT2D eigenvalue weighted by atomic mass is 19.1. The molecule has 0 spiro atoms. The Morgan fingerprint density at radius 3 is 2.82 bits per heavy atom. The van der Waals surface area contributed by atoms with Gasteiger partial charge in [0.25, 0.3) is 0 Å². The van der Waals surface area contributed by atoms with E-state index in [1.54, 1.807) is 12.1 Å². The van der Waals surface area contributed by atoms with Crippen LogP contribution in [0.2, 0.25) is 0 Å². The number of terminal acetylenes is 1. The zero-order chi connectivity index (χ0) is 12.7. The van der Waals surface area contributed by atoms with Crippen LogP contribution in [0.4, 0.5) is 4.39 Å². The summed E-state index contributed by atoms with van der Waals surface area (Å²) in [4.78, 5) is 0. The highest BCUT2D eigenvalue weighted by molar-refractivity contribution is 5.31. The molecular weight excluding hydrogens is 217 g/mol. The van der Waals surface area contributed by atoms with Gasteiger partial charge >= 0.3 is 0 Å². The Labute approximate surface area is 102 Å². The van der Waals surface area contributed by atoms with Gasteiger partial charge in [-0.05, 0) is 19.0 Å². The van der Waals surface area contributed by atoms with Gasteiger partial charge in [-0.2, -0.15) is 0 Å². The van der Waals surface area contributed by atoms with Crippen molar-refractivity contribution in [3.05, 3.63) is 29.6 Å². The third-order valence-corrected chi connectivity index (χ3v) is 2.55. The zero-order valence-electron chi connectivity index (χ0n) is 10.3. The van der Waals surface area contributed by atoms with Crippen LogP contribution in [0.25, 0.3) is 0 Å². The Morgan fingerprint density at radius 1 is 1.53 bits per heavy atom. The topological polar surface area (TPSA) is 21.3 Å². The van der Waals surface area contributed by atoms with Gasteiger partial charge in [-0.25, -0.2) is 4.39 Å². The minimum Gasteiger partial charge on any atom is -0.497 e. The van der Waals surface area contributed by atoms with Crippen molar-refractivity contribution in [3.8, 4) is 18.1 Å². The molecule has 1 unspecified atom stereocenters. The summed E-state index contributed by atoms with van der Waals surface area (Å²) < 4.78 is 18.8. The van der Waals surface area contributed by atoms with Crippen LogP contribution in [0.3, 0.4) is 0 Å². The summed E-state index contributed by atoms with van der Waals surface area (Å²) in [6.45, 7) is 2.88. The zero-order valence-corrected chi connectivity index (χ0v) is 10.3. The van der Waals surface area contributed by atoms with E-state index in [0.29, 0.717) is 17.7 Å². The van der Waals surface area contributed by atoms with Gasteiger partial charge in [0, 0.05) is 24.1 Å². The van der Waals surface area contributed by atoms with Crippen LogP contribution >= 0.6 is 0 Å². The molecule has 0 bridgehead atoms. The number of hydrogen-bond donors (Lipinski definition) is 1. The third kappa shape index (κ3) is 3.76. The standard InChI is InChI=1S/C14H18FNO/c1-4-6-14(16-9-5-2)12-8-7-11(17-3)10-13(12)15/h1,7-8,10,14,16H,5-6,9H2,2-3H3. The number of methoxy groups -OCH3 is 1. The summed E-state index contributed by atoms with van der Waals surface area (Å²) in [6, 6.07) is 4.71. The van der Waals surface area contributed by atoms with Crippen molar-refractivity contribution in [1.29, 1.82) is 0 Å². The van der Waals surface area contributed by atoms with Crippen molar-refractivity contribution in [2.24, 2.45) is 0 Å². The maximum Gasteiger partial charge on any atom is 0.131 e. The smallest absolute Gasteiger partial charge is 0.131 e. The van der Waals surface area contributed by atoms with Gasteiger partial charge in [-0.3, -0.25) is 0 Å². The first kappa shape index (κ1) is 13.5. The predicted octanol–water partition coefficient (Wildman–Crippen LogP) is 2.90. The van der Waals surface area contributed by atoms with E-state index in [2.05, 4.69) is 18.2 Å². The summed E-state index contributed by atoms with van der Waals surface area (Å²) >= 11 is 0. The Bertz CT molecular complexity index is 398. The van der Waals surface area contributed by atoms with Crippen LogP contribution in [0, 0.1) is 18.2 Å². The van der Waals surface area contributed by atoms with Crippen LogP contribution in [0.15, 0.2) is 18.2 Å². The molecule has 3 heteroatoms. The molecule has 0 radical (unpaired) electrons. The number of hydrogen-bond acceptors (Lipinski definition) is 2. The summed E-state index contributed by atoms with van der Waals surface area (Å²) in [5.74, 6) is 2.80. The van der Waals surface area contributed by atoms with Crippen LogP contribution < -0.4 is 10.1 Å². The second-order valence-corrected chi connectivity index (χ2v) is 3.80. The first-order valence-electron chi connectivity index (χ1n) is 5.73. The number of nitrogens with one attached hydrogen (secondary N) is 1. The molecule has 1 N–H and O–H groups in total. The molecule has 0 aliphatic carbocycles. The average molecular weight is 235 g/mol. The van der Waals surface area contributed by atoms with E-state index in [-0.39, 0.29) is 11.9 Å². The van der Waals surface area contributed by atoms with Crippen LogP contribution in [-0.4, -0.2) is 13.7 Å². The molecule has 0 saturated carbocycles. The molecular formula is C14H18FNO. The van der Waals surface area contributed by atoms with Crippen LogP contribution in [0.1, 0.15) is 31.4 Å². The van der Waals surface area contributed by atoms with Crippen molar-refractivity contribution in [1.82, 2.24) is 5.32 Å². The molecule has 0 aliphatic rings. The molecule has 17 heavy (non-hydrogen) atoms. The average Bonchev–Trinajstić information content (AvgIpc) is 2.34. The quantitative estimate of drug-likeness (QED) is 0.765. The summed E-state index contributed by atoms with van der Waals surface area (Å²) in [7, 11) is 1.52. The van der Waals surface area contributed by atoms with Crippen molar-refractivity contribution in [2.45, 2.75) is 25.8 Å². The van der Waals surface area contributed by atoms with Crippen molar-refractivity contribution in [2.75, 3.05) is 13.7 Å². The minimum absolute atomic E-state index is 0.133. The monoisotopic (exact) mass is 235 g/mol. The van der Waals surface area contributed by atoms with E-state index in [1.807, 2.05) is 0 Å². The van der Waals surface area contributed by atoms with E-state index in [1.165, 1.54) is 13.2 Å². The Balaban J connectivity index is 2.89. The first-order valence-corrected chi connectivity index (χ1v) is 5.73. The summed E-state index contributed by atoms with van der Waals surface area (Å²) in [6.07, 6.45) is 6.77. The lowest BCUT2D eigenvalue weighted by Gasteiger charge is -2.17. The second kappa shape index (κ2) is 6.93. The fourth-order valence-corrected chi connectivity index (χ4v) is 1.65. The lowest BCUT2D eigenvalue weighted by Crippen LogP contribution is -2.22. The minimum atomic E-state index is -0.284. The van der Waals surface area contributed by atoms with Crippen molar-refractivity contribution >= 4 is 0 Å². The second-order valence-electron chi connectivity index (χ2n) is 3.80. The molecule has 1 rings (SSSR count). The Kier molecular flexibility index (Phi) is 5.51. The maximum atomic E-state index is 13.8. The molecule has 0 fully saturated rings. The molecule has 0 amide bonds. The largest absolute Gasteiger partial charge is 0.497 e. The van der Waals surface area contributed by atoms with Gasteiger partial charge in [-0.1, -0.05) is 13.0 Å². The normalized spacial score (nSPS) is 11.9. The molecule has 1 atom stereocenters. The third-order valence-electron chi connectivity index (χ3n) is 2.55. The predicted molar refractivity (Wildman–Crippen MR) is 67.4 cm³/mol. The van der Waals surface area contributed by atoms with Crippen LogP contribution in [-0.2, 0) is 0 Å². The first-order chi connectivity index (χ1) is 8.22. The SMILES string of the molecule is C#CCC(NCCC)c1ccc(OC)cc1F. The summed E-state index contributed by atoms with van der Waals surface area (Å²) in [5.41, 5.74) is 0.595. The fraction of sp³-hybridized carbons (Fsp3) is 0.429.